The molecule has 0 saturated carbocycles. The molecule has 1 fully saturated rings. The second-order valence-corrected chi connectivity index (χ2v) is 4.31. The van der Waals surface area contributed by atoms with Gasteiger partial charge in [0.15, 0.2) is 0 Å². The fourth-order valence-electron chi connectivity index (χ4n) is 2.25. The maximum atomic E-state index is 5.57. The van der Waals surface area contributed by atoms with Crippen molar-refractivity contribution in [2.45, 2.75) is 25.4 Å². The van der Waals surface area contributed by atoms with E-state index in [4.69, 9.17) is 10.5 Å². The smallest absolute Gasteiger partial charge is 0.123 e. The molecule has 0 bridgehead atoms. The van der Waals surface area contributed by atoms with Crippen LogP contribution in [0.4, 0.5) is 5.82 Å². The van der Waals surface area contributed by atoms with Gasteiger partial charge in [0.05, 0.1) is 6.61 Å². The first-order chi connectivity index (χ1) is 7.79. The summed E-state index contributed by atoms with van der Waals surface area (Å²) in [6, 6.07) is 4.46. The van der Waals surface area contributed by atoms with Crippen molar-refractivity contribution in [1.29, 1.82) is 0 Å². The maximum Gasteiger partial charge on any atom is 0.123 e. The predicted molar refractivity (Wildman–Crippen MR) is 64.0 cm³/mol. The van der Waals surface area contributed by atoms with Crippen LogP contribution in [0.2, 0.25) is 0 Å². The average Bonchev–Trinajstić information content (AvgIpc) is 2.70. The number of hydrogen-bond donors (Lipinski definition) is 1. The summed E-state index contributed by atoms with van der Waals surface area (Å²) >= 11 is 0. The summed E-state index contributed by atoms with van der Waals surface area (Å²) in [6.45, 7) is 2.92. The van der Waals surface area contributed by atoms with E-state index in [9.17, 15) is 0 Å². The third-order valence-electron chi connectivity index (χ3n) is 3.09. The van der Waals surface area contributed by atoms with Crippen LogP contribution in [-0.4, -0.2) is 36.2 Å². The van der Waals surface area contributed by atoms with E-state index < -0.39 is 0 Å². The van der Waals surface area contributed by atoms with Gasteiger partial charge in [-0.05, 0) is 31.0 Å². The Morgan fingerprint density at radius 2 is 2.44 bits per heavy atom. The number of nitrogen functional groups attached to an aromatic ring is 1. The lowest BCUT2D eigenvalue weighted by Crippen LogP contribution is -2.32. The van der Waals surface area contributed by atoms with E-state index in [1.165, 1.54) is 18.4 Å². The molecule has 2 N–H and O–H groups in total. The number of nitrogens with two attached hydrogens (primary N) is 1. The average molecular weight is 221 g/mol. The summed E-state index contributed by atoms with van der Waals surface area (Å²) in [4.78, 5) is 6.57. The van der Waals surface area contributed by atoms with Crippen molar-refractivity contribution in [3.8, 4) is 0 Å². The molecule has 1 saturated heterocycles. The minimum atomic E-state index is 0.558. The van der Waals surface area contributed by atoms with Crippen LogP contribution in [0.1, 0.15) is 18.4 Å². The predicted octanol–water partition coefficient (Wildman–Crippen LogP) is 1.27. The molecule has 1 aromatic rings. The lowest BCUT2D eigenvalue weighted by molar-refractivity contribution is 0.112. The van der Waals surface area contributed by atoms with Crippen LogP contribution in [0.15, 0.2) is 18.3 Å². The third-order valence-corrected chi connectivity index (χ3v) is 3.09. The van der Waals surface area contributed by atoms with Gasteiger partial charge in [0, 0.05) is 25.9 Å². The Labute approximate surface area is 96.4 Å². The second-order valence-electron chi connectivity index (χ2n) is 4.31. The van der Waals surface area contributed by atoms with Gasteiger partial charge in [-0.25, -0.2) is 4.98 Å². The van der Waals surface area contributed by atoms with Crippen LogP contribution in [0.25, 0.3) is 0 Å². The molecule has 4 heteroatoms. The Morgan fingerprint density at radius 3 is 3.12 bits per heavy atom. The van der Waals surface area contributed by atoms with Gasteiger partial charge >= 0.3 is 0 Å². The summed E-state index contributed by atoms with van der Waals surface area (Å²) < 4.78 is 5.24. The number of anilines is 1. The molecule has 0 aromatic carbocycles. The van der Waals surface area contributed by atoms with E-state index >= 15 is 0 Å². The van der Waals surface area contributed by atoms with Crippen molar-refractivity contribution >= 4 is 5.82 Å². The van der Waals surface area contributed by atoms with Gasteiger partial charge < -0.3 is 10.5 Å². The highest BCUT2D eigenvalue weighted by Gasteiger charge is 2.24. The number of hydrogen-bond acceptors (Lipinski definition) is 4. The van der Waals surface area contributed by atoms with Crippen molar-refractivity contribution in [3.63, 3.8) is 0 Å². The highest BCUT2D eigenvalue weighted by molar-refractivity contribution is 5.29. The van der Waals surface area contributed by atoms with Gasteiger partial charge in [0.1, 0.15) is 5.82 Å². The molecule has 0 amide bonds. The highest BCUT2D eigenvalue weighted by Crippen LogP contribution is 2.20. The van der Waals surface area contributed by atoms with Crippen molar-refractivity contribution in [2.75, 3.05) is 26.0 Å². The first-order valence-corrected chi connectivity index (χ1v) is 5.73. The molecule has 88 valence electrons. The fourth-order valence-corrected chi connectivity index (χ4v) is 2.25. The molecule has 1 aromatic heterocycles. The largest absolute Gasteiger partial charge is 0.384 e. The molecule has 2 rings (SSSR count). The SMILES string of the molecule is COC[C@@H]1CCCN1Cc1ccc(N)nc1. The zero-order valence-electron chi connectivity index (χ0n) is 9.72. The summed E-state index contributed by atoms with van der Waals surface area (Å²) in [7, 11) is 1.77. The molecule has 0 spiro atoms. The Hall–Kier alpha value is -1.13. The topological polar surface area (TPSA) is 51.4 Å². The van der Waals surface area contributed by atoms with E-state index in [2.05, 4.69) is 9.88 Å². The maximum absolute atomic E-state index is 5.57. The molecular weight excluding hydrogens is 202 g/mol. The minimum Gasteiger partial charge on any atom is -0.384 e. The van der Waals surface area contributed by atoms with E-state index in [1.54, 1.807) is 7.11 Å². The van der Waals surface area contributed by atoms with Crippen LogP contribution in [0, 0.1) is 0 Å². The Morgan fingerprint density at radius 1 is 1.56 bits per heavy atom. The standard InChI is InChI=1S/C12H19N3O/c1-16-9-11-3-2-6-15(11)8-10-4-5-12(13)14-7-10/h4-5,7,11H,2-3,6,8-9H2,1H3,(H2,13,14)/t11-/m0/s1. The van der Waals surface area contributed by atoms with E-state index in [0.717, 1.165) is 19.7 Å². The summed E-state index contributed by atoms with van der Waals surface area (Å²) in [6.07, 6.45) is 4.35. The van der Waals surface area contributed by atoms with Gasteiger partial charge in [0.25, 0.3) is 0 Å². The number of methoxy groups -OCH3 is 1. The van der Waals surface area contributed by atoms with Crippen LogP contribution >= 0.6 is 0 Å². The highest BCUT2D eigenvalue weighted by atomic mass is 16.5. The molecule has 1 aliphatic heterocycles. The molecule has 4 nitrogen and oxygen atoms in total. The van der Waals surface area contributed by atoms with Gasteiger partial charge in [-0.3, -0.25) is 4.90 Å². The van der Waals surface area contributed by atoms with E-state index in [0.29, 0.717) is 11.9 Å². The monoisotopic (exact) mass is 221 g/mol. The first-order valence-electron chi connectivity index (χ1n) is 5.73. The number of aromatic nitrogens is 1. The van der Waals surface area contributed by atoms with Crippen molar-refractivity contribution in [2.24, 2.45) is 0 Å². The molecule has 0 radical (unpaired) electrons. The minimum absolute atomic E-state index is 0.558. The first kappa shape index (κ1) is 11.4. The molecule has 0 aliphatic carbocycles. The molecule has 1 aliphatic rings. The Bertz CT molecular complexity index is 326. The summed E-state index contributed by atoms with van der Waals surface area (Å²) in [5, 5.41) is 0. The fraction of sp³-hybridized carbons (Fsp3) is 0.583. The van der Waals surface area contributed by atoms with Crippen molar-refractivity contribution < 1.29 is 4.74 Å². The Balaban J connectivity index is 1.95. The van der Waals surface area contributed by atoms with Crippen molar-refractivity contribution in [1.82, 2.24) is 9.88 Å². The number of rotatable bonds is 4. The van der Waals surface area contributed by atoms with Gasteiger partial charge in [-0.1, -0.05) is 6.07 Å². The summed E-state index contributed by atoms with van der Waals surface area (Å²) in [5.74, 6) is 0.582. The Kier molecular flexibility index (Phi) is 3.74. The van der Waals surface area contributed by atoms with Crippen LogP contribution in [0.5, 0.6) is 0 Å². The van der Waals surface area contributed by atoms with Gasteiger partial charge in [0.2, 0.25) is 0 Å². The van der Waals surface area contributed by atoms with Crippen LogP contribution in [0.3, 0.4) is 0 Å². The number of pyridine rings is 1. The zero-order chi connectivity index (χ0) is 11.4. The van der Waals surface area contributed by atoms with Gasteiger partial charge in [-0.15, -0.1) is 0 Å². The number of nitrogens with zero attached hydrogens (tertiary/aromatic N) is 2. The van der Waals surface area contributed by atoms with E-state index in [1.807, 2.05) is 18.3 Å². The summed E-state index contributed by atoms with van der Waals surface area (Å²) in [5.41, 5.74) is 6.78. The third kappa shape index (κ3) is 2.71. The lowest BCUT2D eigenvalue weighted by atomic mass is 10.2. The normalized spacial score (nSPS) is 21.4. The molecule has 0 unspecified atom stereocenters. The number of ether oxygens (including phenoxy) is 1. The molecule has 2 heterocycles. The van der Waals surface area contributed by atoms with Gasteiger partial charge in [-0.2, -0.15) is 0 Å². The lowest BCUT2D eigenvalue weighted by Gasteiger charge is -2.23. The van der Waals surface area contributed by atoms with Crippen molar-refractivity contribution in [3.05, 3.63) is 23.9 Å². The van der Waals surface area contributed by atoms with E-state index in [-0.39, 0.29) is 0 Å². The number of likely N-dealkylation sites (tertiary alicyclic amines) is 1. The second kappa shape index (κ2) is 5.27. The zero-order valence-corrected chi connectivity index (χ0v) is 9.72. The molecular formula is C12H19N3O. The molecule has 16 heavy (non-hydrogen) atoms. The quantitative estimate of drug-likeness (QED) is 0.832. The molecule has 1 atom stereocenters. The van der Waals surface area contributed by atoms with Crippen LogP contribution in [-0.2, 0) is 11.3 Å². The van der Waals surface area contributed by atoms with Crippen LogP contribution < -0.4 is 5.73 Å².